The number of piperazine rings is 1. The number of amides is 1. The molecule has 3 aromatic rings. The molecule has 2 aromatic heterocycles. The summed E-state index contributed by atoms with van der Waals surface area (Å²) in [5.74, 6) is 1.02. The van der Waals surface area contributed by atoms with Gasteiger partial charge in [0, 0.05) is 37.1 Å². The highest BCUT2D eigenvalue weighted by Crippen LogP contribution is 2.28. The molecule has 0 saturated carbocycles. The first-order chi connectivity index (χ1) is 13.5. The van der Waals surface area contributed by atoms with Crippen LogP contribution in [0.2, 0.25) is 0 Å². The van der Waals surface area contributed by atoms with E-state index in [0.717, 1.165) is 17.0 Å². The Hall–Kier alpha value is -2.93. The van der Waals surface area contributed by atoms with Crippen LogP contribution in [-0.2, 0) is 0 Å². The lowest BCUT2D eigenvalue weighted by Crippen LogP contribution is -2.48. The average Bonchev–Trinajstić information content (AvgIpc) is 3.23. The molecule has 6 nitrogen and oxygen atoms in total. The van der Waals surface area contributed by atoms with E-state index in [2.05, 4.69) is 10.5 Å². The van der Waals surface area contributed by atoms with Gasteiger partial charge in [-0.2, -0.15) is 0 Å². The van der Waals surface area contributed by atoms with Gasteiger partial charge in [-0.1, -0.05) is 17.3 Å². The molecule has 1 aromatic carbocycles. The minimum Gasteiger partial charge on any atom is -0.360 e. The van der Waals surface area contributed by atoms with E-state index in [1.807, 2.05) is 48.4 Å². The average molecular weight is 382 g/mol. The van der Waals surface area contributed by atoms with Crippen molar-refractivity contribution in [2.75, 3.05) is 19.6 Å². The lowest BCUT2D eigenvalue weighted by atomic mass is 10.0. The Morgan fingerprint density at radius 3 is 2.79 bits per heavy atom. The second-order valence-electron chi connectivity index (χ2n) is 7.19. The summed E-state index contributed by atoms with van der Waals surface area (Å²) in [4.78, 5) is 15.3. The minimum atomic E-state index is -0.296. The number of rotatable bonds is 3. The van der Waals surface area contributed by atoms with E-state index in [1.54, 1.807) is 6.07 Å². The predicted octanol–water partition coefficient (Wildman–Crippen LogP) is 3.32. The summed E-state index contributed by atoms with van der Waals surface area (Å²) in [6, 6.07) is 9.97. The Labute approximate surface area is 162 Å². The van der Waals surface area contributed by atoms with Crippen molar-refractivity contribution in [2.45, 2.75) is 26.8 Å². The largest absolute Gasteiger partial charge is 0.360 e. The van der Waals surface area contributed by atoms with Gasteiger partial charge >= 0.3 is 0 Å². The van der Waals surface area contributed by atoms with Gasteiger partial charge in [0.1, 0.15) is 11.6 Å². The van der Waals surface area contributed by atoms with E-state index in [1.165, 1.54) is 12.1 Å². The number of benzene rings is 1. The minimum absolute atomic E-state index is 0.0599. The van der Waals surface area contributed by atoms with Gasteiger partial charge in [0.2, 0.25) is 0 Å². The van der Waals surface area contributed by atoms with Crippen LogP contribution in [0.25, 0.3) is 5.82 Å². The molecule has 0 spiro atoms. The Balaban J connectivity index is 1.70. The lowest BCUT2D eigenvalue weighted by molar-refractivity contribution is 0.0633. The highest BCUT2D eigenvalue weighted by molar-refractivity contribution is 5.96. The maximum Gasteiger partial charge on any atom is 0.256 e. The molecule has 7 heteroatoms. The van der Waals surface area contributed by atoms with Gasteiger partial charge in [0.25, 0.3) is 5.91 Å². The van der Waals surface area contributed by atoms with Crippen molar-refractivity contribution in [1.82, 2.24) is 19.9 Å². The van der Waals surface area contributed by atoms with Crippen molar-refractivity contribution in [3.8, 4) is 5.82 Å². The van der Waals surface area contributed by atoms with E-state index in [4.69, 9.17) is 4.52 Å². The Morgan fingerprint density at radius 2 is 2.07 bits per heavy atom. The summed E-state index contributed by atoms with van der Waals surface area (Å²) in [5.41, 5.74) is 3.14. The molecule has 28 heavy (non-hydrogen) atoms. The lowest BCUT2D eigenvalue weighted by Gasteiger charge is -2.36. The van der Waals surface area contributed by atoms with Crippen LogP contribution in [0.4, 0.5) is 4.39 Å². The summed E-state index contributed by atoms with van der Waals surface area (Å²) >= 11 is 0. The Kier molecular flexibility index (Phi) is 4.77. The summed E-state index contributed by atoms with van der Waals surface area (Å²) in [5, 5.41) is 7.38. The summed E-state index contributed by atoms with van der Waals surface area (Å²) in [6.07, 6.45) is 0. The molecule has 1 saturated heterocycles. The normalized spacial score (nSPS) is 17.1. The summed E-state index contributed by atoms with van der Waals surface area (Å²) in [7, 11) is 0. The number of halogens is 1. The molecule has 146 valence electrons. The van der Waals surface area contributed by atoms with Crippen LogP contribution in [0.15, 0.2) is 40.9 Å². The van der Waals surface area contributed by atoms with Crippen molar-refractivity contribution >= 4 is 5.91 Å². The highest BCUT2D eigenvalue weighted by atomic mass is 19.1. The van der Waals surface area contributed by atoms with Crippen molar-refractivity contribution in [3.05, 3.63) is 70.5 Å². The number of aryl methyl sites for hydroxylation is 2. The number of carbonyl (C=O) groups excluding carboxylic acids is 1. The van der Waals surface area contributed by atoms with Gasteiger partial charge in [-0.3, -0.25) is 9.36 Å². The van der Waals surface area contributed by atoms with Crippen LogP contribution < -0.4 is 5.32 Å². The molecule has 1 fully saturated rings. The summed E-state index contributed by atoms with van der Waals surface area (Å²) in [6.45, 7) is 7.54. The van der Waals surface area contributed by atoms with Crippen LogP contribution >= 0.6 is 0 Å². The first-order valence-corrected chi connectivity index (χ1v) is 9.35. The zero-order valence-corrected chi connectivity index (χ0v) is 16.2. The van der Waals surface area contributed by atoms with E-state index in [0.29, 0.717) is 36.8 Å². The van der Waals surface area contributed by atoms with Gasteiger partial charge in [-0.25, -0.2) is 4.39 Å². The topological polar surface area (TPSA) is 63.3 Å². The molecule has 1 unspecified atom stereocenters. The maximum atomic E-state index is 13.7. The Morgan fingerprint density at radius 1 is 1.25 bits per heavy atom. The zero-order chi connectivity index (χ0) is 19.8. The van der Waals surface area contributed by atoms with Crippen molar-refractivity contribution in [3.63, 3.8) is 0 Å². The van der Waals surface area contributed by atoms with Gasteiger partial charge in [0.05, 0.1) is 11.6 Å². The monoisotopic (exact) mass is 382 g/mol. The van der Waals surface area contributed by atoms with Crippen LogP contribution in [0.1, 0.15) is 39.1 Å². The molecular weight excluding hydrogens is 359 g/mol. The third kappa shape index (κ3) is 3.22. The third-order valence-electron chi connectivity index (χ3n) is 5.24. The van der Waals surface area contributed by atoms with Gasteiger partial charge in [-0.05, 0) is 44.5 Å². The molecule has 0 radical (unpaired) electrons. The molecule has 1 N–H and O–H groups in total. The smallest absolute Gasteiger partial charge is 0.256 e. The quantitative estimate of drug-likeness (QED) is 0.755. The van der Waals surface area contributed by atoms with Crippen molar-refractivity contribution in [1.29, 1.82) is 0 Å². The van der Waals surface area contributed by atoms with Crippen LogP contribution in [0, 0.1) is 26.6 Å². The fraction of sp³-hybridized carbons (Fsp3) is 0.333. The van der Waals surface area contributed by atoms with Crippen molar-refractivity contribution in [2.24, 2.45) is 0 Å². The van der Waals surface area contributed by atoms with Gasteiger partial charge in [0.15, 0.2) is 5.82 Å². The summed E-state index contributed by atoms with van der Waals surface area (Å²) < 4.78 is 20.9. The van der Waals surface area contributed by atoms with E-state index < -0.39 is 0 Å². The van der Waals surface area contributed by atoms with Crippen LogP contribution in [0.3, 0.4) is 0 Å². The second kappa shape index (κ2) is 7.24. The number of aromatic nitrogens is 2. The fourth-order valence-electron chi connectivity index (χ4n) is 3.90. The van der Waals surface area contributed by atoms with Crippen molar-refractivity contribution < 1.29 is 13.7 Å². The number of carbonyl (C=O) groups is 1. The van der Waals surface area contributed by atoms with E-state index >= 15 is 0 Å². The molecular formula is C21H23FN4O2. The van der Waals surface area contributed by atoms with Gasteiger partial charge < -0.3 is 14.7 Å². The number of hydrogen-bond donors (Lipinski definition) is 1. The molecule has 1 amide bonds. The zero-order valence-electron chi connectivity index (χ0n) is 16.2. The predicted molar refractivity (Wildman–Crippen MR) is 103 cm³/mol. The number of nitrogens with zero attached hydrogens (tertiary/aromatic N) is 3. The first kappa shape index (κ1) is 18.4. The number of hydrogen-bond acceptors (Lipinski definition) is 4. The van der Waals surface area contributed by atoms with Crippen LogP contribution in [-0.4, -0.2) is 40.2 Å². The van der Waals surface area contributed by atoms with E-state index in [-0.39, 0.29) is 17.8 Å². The van der Waals surface area contributed by atoms with E-state index in [9.17, 15) is 9.18 Å². The molecule has 4 rings (SSSR count). The molecule has 3 heterocycles. The maximum absolute atomic E-state index is 13.7. The second-order valence-corrected chi connectivity index (χ2v) is 7.19. The molecule has 1 aliphatic rings. The van der Waals surface area contributed by atoms with Gasteiger partial charge in [-0.15, -0.1) is 0 Å². The third-order valence-corrected chi connectivity index (χ3v) is 5.24. The molecule has 1 atom stereocenters. The molecule has 1 aliphatic heterocycles. The standard InChI is InChI=1S/C21H23FN4O2/c1-13-9-18(15(3)26(13)20-10-14(2)28-24-20)21(27)25-8-7-23-12-19(25)16-5-4-6-17(22)11-16/h4-6,9-11,19,23H,7-8,12H2,1-3H3. The number of nitrogens with one attached hydrogen (secondary N) is 1. The molecule has 0 aliphatic carbocycles. The molecule has 0 bridgehead atoms. The highest BCUT2D eigenvalue weighted by Gasteiger charge is 2.31. The SMILES string of the molecule is Cc1cc(-n2c(C)cc(C(=O)N3CCNCC3c3cccc(F)c3)c2C)no1. The van der Waals surface area contributed by atoms with Crippen LogP contribution in [0.5, 0.6) is 0 Å². The Bertz CT molecular complexity index is 1020. The fourth-order valence-corrected chi connectivity index (χ4v) is 3.90. The first-order valence-electron chi connectivity index (χ1n) is 9.35.